The van der Waals surface area contributed by atoms with Gasteiger partial charge < -0.3 is 10.6 Å². The molecule has 1 unspecified atom stereocenters. The first-order valence-electron chi connectivity index (χ1n) is 10.3. The van der Waals surface area contributed by atoms with E-state index in [0.717, 1.165) is 43.9 Å². The topological polar surface area (TPSA) is 64.2 Å². The highest BCUT2D eigenvalue weighted by Crippen LogP contribution is 2.28. The molecule has 1 atom stereocenters. The predicted molar refractivity (Wildman–Crippen MR) is 113 cm³/mol. The molecular formula is C23H34N4O. The molecule has 1 saturated heterocycles. The number of rotatable bonds is 5. The van der Waals surface area contributed by atoms with Crippen molar-refractivity contribution in [1.29, 1.82) is 0 Å². The van der Waals surface area contributed by atoms with Crippen LogP contribution in [0.15, 0.2) is 24.3 Å². The third kappa shape index (κ3) is 4.46. The predicted octanol–water partition coefficient (Wildman–Crippen LogP) is 3.38. The van der Waals surface area contributed by atoms with Crippen molar-refractivity contribution in [1.82, 2.24) is 14.7 Å². The fourth-order valence-electron chi connectivity index (χ4n) is 4.09. The number of piperidine rings is 1. The number of carbonyl (C=O) groups is 1. The number of hydrogen-bond acceptors (Lipinski definition) is 3. The molecule has 5 heteroatoms. The summed E-state index contributed by atoms with van der Waals surface area (Å²) in [5.74, 6) is 0.227. The summed E-state index contributed by atoms with van der Waals surface area (Å²) >= 11 is 0. The lowest BCUT2D eigenvalue weighted by molar-refractivity contribution is -0.134. The molecule has 1 aromatic carbocycles. The van der Waals surface area contributed by atoms with Gasteiger partial charge in [0, 0.05) is 31.2 Å². The van der Waals surface area contributed by atoms with Crippen molar-refractivity contribution in [2.24, 2.45) is 11.1 Å². The second-order valence-electron chi connectivity index (χ2n) is 8.99. The fourth-order valence-corrected chi connectivity index (χ4v) is 4.09. The molecule has 0 radical (unpaired) electrons. The number of likely N-dealkylation sites (tertiary alicyclic amines) is 1. The average Bonchev–Trinajstić information content (AvgIpc) is 2.90. The largest absolute Gasteiger partial charge is 0.342 e. The molecule has 1 fully saturated rings. The van der Waals surface area contributed by atoms with Crippen molar-refractivity contribution in [2.45, 2.75) is 66.5 Å². The molecule has 0 aliphatic carbocycles. The summed E-state index contributed by atoms with van der Waals surface area (Å²) < 4.78 is 2.06. The summed E-state index contributed by atoms with van der Waals surface area (Å²) in [7, 11) is 0. The van der Waals surface area contributed by atoms with Gasteiger partial charge in [0.1, 0.15) is 0 Å². The van der Waals surface area contributed by atoms with Gasteiger partial charge >= 0.3 is 0 Å². The molecule has 0 spiro atoms. The van der Waals surface area contributed by atoms with Gasteiger partial charge in [0.25, 0.3) is 0 Å². The van der Waals surface area contributed by atoms with E-state index in [2.05, 4.69) is 56.6 Å². The molecule has 1 aliphatic heterocycles. The summed E-state index contributed by atoms with van der Waals surface area (Å²) in [6, 6.07) is 8.73. The Bertz CT molecular complexity index is 835. The highest BCUT2D eigenvalue weighted by molar-refractivity contribution is 5.76. The normalized spacial score (nSPS) is 19.1. The minimum Gasteiger partial charge on any atom is -0.342 e. The summed E-state index contributed by atoms with van der Waals surface area (Å²) in [6.07, 6.45) is 2.15. The van der Waals surface area contributed by atoms with Crippen molar-refractivity contribution in [3.05, 3.63) is 52.3 Å². The maximum Gasteiger partial charge on any atom is 0.222 e. The van der Waals surface area contributed by atoms with E-state index in [1.165, 1.54) is 16.7 Å². The van der Waals surface area contributed by atoms with E-state index in [9.17, 15) is 4.79 Å². The molecule has 2 heterocycles. The zero-order valence-corrected chi connectivity index (χ0v) is 18.0. The number of carbonyl (C=O) groups excluding carboxylic acids is 1. The molecule has 1 amide bonds. The monoisotopic (exact) mass is 382 g/mol. The van der Waals surface area contributed by atoms with E-state index in [-0.39, 0.29) is 17.4 Å². The number of aromatic nitrogens is 2. The quantitative estimate of drug-likeness (QED) is 0.862. The molecule has 1 aromatic heterocycles. The number of aryl methyl sites for hydroxylation is 2. The molecule has 5 nitrogen and oxygen atoms in total. The van der Waals surface area contributed by atoms with Crippen molar-refractivity contribution >= 4 is 5.91 Å². The first-order chi connectivity index (χ1) is 13.2. The Hall–Kier alpha value is -2.14. The van der Waals surface area contributed by atoms with Crippen LogP contribution in [0.2, 0.25) is 0 Å². The van der Waals surface area contributed by atoms with Crippen LogP contribution in [0.3, 0.4) is 0 Å². The van der Waals surface area contributed by atoms with Crippen LogP contribution in [-0.2, 0) is 17.8 Å². The Morgan fingerprint density at radius 3 is 2.54 bits per heavy atom. The minimum absolute atomic E-state index is 0.0152. The van der Waals surface area contributed by atoms with E-state index in [1.807, 2.05) is 11.8 Å². The smallest absolute Gasteiger partial charge is 0.222 e. The Morgan fingerprint density at radius 1 is 1.21 bits per heavy atom. The van der Waals surface area contributed by atoms with Crippen LogP contribution in [-0.4, -0.2) is 39.7 Å². The van der Waals surface area contributed by atoms with Crippen LogP contribution in [0, 0.1) is 26.2 Å². The van der Waals surface area contributed by atoms with Gasteiger partial charge in [0.2, 0.25) is 5.91 Å². The maximum absolute atomic E-state index is 12.8. The van der Waals surface area contributed by atoms with Gasteiger partial charge in [-0.3, -0.25) is 9.48 Å². The molecule has 0 saturated carbocycles. The SMILES string of the molecule is Cc1ccc(Cn2nc(C)c(CCC(=O)N3CCC(N)C(C)(C)C3)c2C)cc1. The van der Waals surface area contributed by atoms with E-state index in [1.54, 1.807) is 0 Å². The third-order valence-electron chi connectivity index (χ3n) is 6.24. The van der Waals surface area contributed by atoms with Crippen molar-refractivity contribution in [3.63, 3.8) is 0 Å². The van der Waals surface area contributed by atoms with Gasteiger partial charge in [0.05, 0.1) is 12.2 Å². The Balaban J connectivity index is 1.64. The third-order valence-corrected chi connectivity index (χ3v) is 6.24. The van der Waals surface area contributed by atoms with Gasteiger partial charge in [0.15, 0.2) is 0 Å². The van der Waals surface area contributed by atoms with Crippen molar-refractivity contribution in [2.75, 3.05) is 13.1 Å². The van der Waals surface area contributed by atoms with Gasteiger partial charge in [-0.25, -0.2) is 0 Å². The van der Waals surface area contributed by atoms with Crippen LogP contribution < -0.4 is 5.73 Å². The van der Waals surface area contributed by atoms with E-state index < -0.39 is 0 Å². The number of nitrogens with two attached hydrogens (primary N) is 1. The van der Waals surface area contributed by atoms with Gasteiger partial charge in [-0.2, -0.15) is 5.10 Å². The average molecular weight is 383 g/mol. The molecular weight excluding hydrogens is 348 g/mol. The number of nitrogens with zero attached hydrogens (tertiary/aromatic N) is 3. The molecule has 3 rings (SSSR count). The summed E-state index contributed by atoms with van der Waals surface area (Å²) in [5, 5.41) is 4.73. The minimum atomic E-state index is -0.0152. The highest BCUT2D eigenvalue weighted by Gasteiger charge is 2.35. The number of benzene rings is 1. The summed E-state index contributed by atoms with van der Waals surface area (Å²) in [6.45, 7) is 12.8. The first kappa shape index (κ1) is 20.6. The maximum atomic E-state index is 12.8. The van der Waals surface area contributed by atoms with E-state index in [4.69, 9.17) is 10.8 Å². The second-order valence-corrected chi connectivity index (χ2v) is 8.99. The lowest BCUT2D eigenvalue weighted by Crippen LogP contribution is -2.54. The highest BCUT2D eigenvalue weighted by atomic mass is 16.2. The lowest BCUT2D eigenvalue weighted by Gasteiger charge is -2.42. The molecule has 1 aliphatic rings. The standard InChI is InChI=1S/C23H34N4O/c1-16-6-8-19(9-7-16)14-27-18(3)20(17(2)25-27)10-11-22(28)26-13-12-21(24)23(4,5)15-26/h6-9,21H,10-15,24H2,1-5H3. The van der Waals surface area contributed by atoms with Gasteiger partial charge in [-0.1, -0.05) is 43.7 Å². The van der Waals surface area contributed by atoms with Crippen molar-refractivity contribution in [3.8, 4) is 0 Å². The zero-order valence-electron chi connectivity index (χ0n) is 18.0. The summed E-state index contributed by atoms with van der Waals surface area (Å²) in [4.78, 5) is 14.8. The van der Waals surface area contributed by atoms with Gasteiger partial charge in [-0.15, -0.1) is 0 Å². The Labute approximate surface area is 168 Å². The Kier molecular flexibility index (Phi) is 5.94. The Morgan fingerprint density at radius 2 is 1.89 bits per heavy atom. The summed E-state index contributed by atoms with van der Waals surface area (Å²) in [5.41, 5.74) is 12.1. The van der Waals surface area contributed by atoms with Crippen LogP contribution in [0.1, 0.15) is 54.8 Å². The number of amides is 1. The second kappa shape index (κ2) is 8.08. The van der Waals surface area contributed by atoms with E-state index >= 15 is 0 Å². The van der Waals surface area contributed by atoms with E-state index in [0.29, 0.717) is 6.42 Å². The van der Waals surface area contributed by atoms with Crippen LogP contribution in [0.5, 0.6) is 0 Å². The van der Waals surface area contributed by atoms with Gasteiger partial charge in [-0.05, 0) is 50.2 Å². The molecule has 28 heavy (non-hydrogen) atoms. The first-order valence-corrected chi connectivity index (χ1v) is 10.3. The van der Waals surface area contributed by atoms with Crippen molar-refractivity contribution < 1.29 is 4.79 Å². The molecule has 2 aromatic rings. The number of hydrogen-bond donors (Lipinski definition) is 1. The molecule has 2 N–H and O–H groups in total. The fraction of sp³-hybridized carbons (Fsp3) is 0.565. The van der Waals surface area contributed by atoms with Crippen LogP contribution in [0.25, 0.3) is 0 Å². The lowest BCUT2D eigenvalue weighted by atomic mass is 9.79. The molecule has 152 valence electrons. The molecule has 0 bridgehead atoms. The van der Waals surface area contributed by atoms with Crippen LogP contribution in [0.4, 0.5) is 0 Å². The van der Waals surface area contributed by atoms with Crippen LogP contribution >= 0.6 is 0 Å². The zero-order chi connectivity index (χ0) is 20.5.